The SMILES string of the molecule is O=C(CCc1ccccc1)Nc1ccc(Nc2ccccc2F)nc1. The number of para-hydroxylation sites is 1. The van der Waals surface area contributed by atoms with Crippen LogP contribution in [-0.2, 0) is 11.2 Å². The first-order chi connectivity index (χ1) is 12.2. The number of aromatic nitrogens is 1. The minimum atomic E-state index is -0.345. The lowest BCUT2D eigenvalue weighted by Crippen LogP contribution is -2.12. The Morgan fingerprint density at radius 2 is 1.72 bits per heavy atom. The maximum absolute atomic E-state index is 13.6. The van der Waals surface area contributed by atoms with Gasteiger partial charge in [-0.2, -0.15) is 0 Å². The largest absolute Gasteiger partial charge is 0.338 e. The van der Waals surface area contributed by atoms with Crippen molar-refractivity contribution in [1.82, 2.24) is 4.98 Å². The number of halogens is 1. The lowest BCUT2D eigenvalue weighted by Gasteiger charge is -2.08. The first-order valence-corrected chi connectivity index (χ1v) is 8.02. The highest BCUT2D eigenvalue weighted by Crippen LogP contribution is 2.19. The topological polar surface area (TPSA) is 54.0 Å². The van der Waals surface area contributed by atoms with Crippen molar-refractivity contribution in [2.75, 3.05) is 10.6 Å². The molecule has 0 atom stereocenters. The molecule has 2 N–H and O–H groups in total. The Morgan fingerprint density at radius 3 is 2.44 bits per heavy atom. The Morgan fingerprint density at radius 1 is 0.960 bits per heavy atom. The molecule has 3 rings (SSSR count). The van der Waals surface area contributed by atoms with Crippen molar-refractivity contribution in [3.05, 3.63) is 84.3 Å². The quantitative estimate of drug-likeness (QED) is 0.695. The predicted octanol–water partition coefficient (Wildman–Crippen LogP) is 4.54. The fourth-order valence-corrected chi connectivity index (χ4v) is 2.37. The summed E-state index contributed by atoms with van der Waals surface area (Å²) in [6, 6.07) is 19.7. The average molecular weight is 335 g/mol. The van der Waals surface area contributed by atoms with Gasteiger partial charge in [0.2, 0.25) is 5.91 Å². The summed E-state index contributed by atoms with van der Waals surface area (Å²) in [4.78, 5) is 16.2. The second kappa shape index (κ2) is 8.06. The van der Waals surface area contributed by atoms with Gasteiger partial charge in [-0.25, -0.2) is 9.37 Å². The number of anilines is 3. The van der Waals surface area contributed by atoms with E-state index in [1.165, 1.54) is 6.07 Å². The highest BCUT2D eigenvalue weighted by atomic mass is 19.1. The molecule has 0 aliphatic carbocycles. The summed E-state index contributed by atoms with van der Waals surface area (Å²) in [5.41, 5.74) is 2.09. The van der Waals surface area contributed by atoms with Crippen molar-refractivity contribution >= 4 is 23.1 Å². The third kappa shape index (κ3) is 4.88. The number of hydrogen-bond acceptors (Lipinski definition) is 3. The molecule has 0 aliphatic rings. The fraction of sp³-hybridized carbons (Fsp3) is 0.100. The zero-order valence-electron chi connectivity index (χ0n) is 13.6. The highest BCUT2D eigenvalue weighted by Gasteiger charge is 2.05. The molecule has 126 valence electrons. The lowest BCUT2D eigenvalue weighted by molar-refractivity contribution is -0.116. The molecule has 0 unspecified atom stereocenters. The number of nitrogens with one attached hydrogen (secondary N) is 2. The molecule has 25 heavy (non-hydrogen) atoms. The van der Waals surface area contributed by atoms with E-state index >= 15 is 0 Å². The van der Waals surface area contributed by atoms with Crippen molar-refractivity contribution in [1.29, 1.82) is 0 Å². The zero-order valence-corrected chi connectivity index (χ0v) is 13.6. The fourth-order valence-electron chi connectivity index (χ4n) is 2.37. The standard InChI is InChI=1S/C20H18FN3O/c21-17-8-4-5-9-18(17)24-19-12-11-16(14-22-19)23-20(25)13-10-15-6-2-1-3-7-15/h1-9,11-12,14H,10,13H2,(H,22,24)(H,23,25). The molecular formula is C20H18FN3O. The molecular weight excluding hydrogens is 317 g/mol. The van der Waals surface area contributed by atoms with Crippen LogP contribution in [0, 0.1) is 5.82 Å². The number of carbonyl (C=O) groups is 1. The van der Waals surface area contributed by atoms with Gasteiger partial charge in [0.25, 0.3) is 0 Å². The summed E-state index contributed by atoms with van der Waals surface area (Å²) in [6.07, 6.45) is 2.63. The number of nitrogens with zero attached hydrogens (tertiary/aromatic N) is 1. The molecule has 0 fully saturated rings. The van der Waals surface area contributed by atoms with E-state index in [0.29, 0.717) is 30.0 Å². The van der Waals surface area contributed by atoms with Crippen LogP contribution in [0.3, 0.4) is 0 Å². The number of hydrogen-bond donors (Lipinski definition) is 2. The molecule has 4 nitrogen and oxygen atoms in total. The van der Waals surface area contributed by atoms with Gasteiger partial charge in [-0.15, -0.1) is 0 Å². The highest BCUT2D eigenvalue weighted by molar-refractivity contribution is 5.90. The smallest absolute Gasteiger partial charge is 0.224 e. The van der Waals surface area contributed by atoms with Crippen molar-refractivity contribution < 1.29 is 9.18 Å². The predicted molar refractivity (Wildman–Crippen MR) is 97.3 cm³/mol. The van der Waals surface area contributed by atoms with Crippen molar-refractivity contribution in [3.8, 4) is 0 Å². The van der Waals surface area contributed by atoms with Crippen LogP contribution in [0.15, 0.2) is 72.9 Å². The number of carbonyl (C=O) groups excluding carboxylic acids is 1. The number of pyridine rings is 1. The van der Waals surface area contributed by atoms with Gasteiger partial charge in [0.15, 0.2) is 0 Å². The molecule has 1 amide bonds. The van der Waals surface area contributed by atoms with E-state index in [-0.39, 0.29) is 11.7 Å². The van der Waals surface area contributed by atoms with Crippen LogP contribution in [0.1, 0.15) is 12.0 Å². The summed E-state index contributed by atoms with van der Waals surface area (Å²) in [7, 11) is 0. The van der Waals surface area contributed by atoms with Gasteiger partial charge in [-0.05, 0) is 36.2 Å². The minimum Gasteiger partial charge on any atom is -0.338 e. The van der Waals surface area contributed by atoms with Crippen LogP contribution in [0.5, 0.6) is 0 Å². The van der Waals surface area contributed by atoms with Gasteiger partial charge in [0, 0.05) is 6.42 Å². The van der Waals surface area contributed by atoms with E-state index in [2.05, 4.69) is 15.6 Å². The van der Waals surface area contributed by atoms with Crippen molar-refractivity contribution in [2.45, 2.75) is 12.8 Å². The zero-order chi connectivity index (χ0) is 17.5. The summed E-state index contributed by atoms with van der Waals surface area (Å²) in [5.74, 6) is 0.0930. The molecule has 0 spiro atoms. The molecule has 0 bridgehead atoms. The molecule has 0 saturated carbocycles. The molecule has 5 heteroatoms. The van der Waals surface area contributed by atoms with Crippen LogP contribution in [0.4, 0.5) is 21.6 Å². The Bertz CT molecular complexity index is 835. The summed E-state index contributed by atoms with van der Waals surface area (Å²) < 4.78 is 13.6. The second-order valence-electron chi connectivity index (χ2n) is 5.57. The average Bonchev–Trinajstić information content (AvgIpc) is 2.64. The second-order valence-corrected chi connectivity index (χ2v) is 5.57. The van der Waals surface area contributed by atoms with E-state index in [1.807, 2.05) is 30.3 Å². The van der Waals surface area contributed by atoms with Crippen molar-refractivity contribution in [3.63, 3.8) is 0 Å². The van der Waals surface area contributed by atoms with Gasteiger partial charge in [-0.3, -0.25) is 4.79 Å². The summed E-state index contributed by atoms with van der Waals surface area (Å²) in [6.45, 7) is 0. The van der Waals surface area contributed by atoms with Crippen LogP contribution < -0.4 is 10.6 Å². The lowest BCUT2D eigenvalue weighted by atomic mass is 10.1. The summed E-state index contributed by atoms with van der Waals surface area (Å²) >= 11 is 0. The third-order valence-electron chi connectivity index (χ3n) is 3.67. The van der Waals surface area contributed by atoms with E-state index in [0.717, 1.165) is 5.56 Å². The van der Waals surface area contributed by atoms with Gasteiger partial charge < -0.3 is 10.6 Å². The molecule has 3 aromatic rings. The Labute approximate surface area is 145 Å². The molecule has 0 aliphatic heterocycles. The van der Waals surface area contributed by atoms with Gasteiger partial charge in [0.05, 0.1) is 17.6 Å². The number of aryl methyl sites for hydroxylation is 1. The van der Waals surface area contributed by atoms with E-state index in [9.17, 15) is 9.18 Å². The van der Waals surface area contributed by atoms with E-state index in [1.54, 1.807) is 36.5 Å². The monoisotopic (exact) mass is 335 g/mol. The number of rotatable bonds is 6. The van der Waals surface area contributed by atoms with E-state index in [4.69, 9.17) is 0 Å². The first-order valence-electron chi connectivity index (χ1n) is 8.02. The Balaban J connectivity index is 1.53. The van der Waals surface area contributed by atoms with Crippen molar-refractivity contribution in [2.24, 2.45) is 0 Å². The van der Waals surface area contributed by atoms with Crippen LogP contribution in [0.25, 0.3) is 0 Å². The maximum Gasteiger partial charge on any atom is 0.224 e. The van der Waals surface area contributed by atoms with Gasteiger partial charge >= 0.3 is 0 Å². The molecule has 0 saturated heterocycles. The molecule has 0 radical (unpaired) electrons. The Hall–Kier alpha value is -3.21. The van der Waals surface area contributed by atoms with Crippen LogP contribution in [0.2, 0.25) is 0 Å². The Kier molecular flexibility index (Phi) is 5.36. The van der Waals surface area contributed by atoms with Gasteiger partial charge in [0.1, 0.15) is 11.6 Å². The molecule has 2 aromatic carbocycles. The maximum atomic E-state index is 13.6. The van der Waals surface area contributed by atoms with Crippen LogP contribution >= 0.6 is 0 Å². The summed E-state index contributed by atoms with van der Waals surface area (Å²) in [5, 5.41) is 5.71. The molecule has 1 heterocycles. The first kappa shape index (κ1) is 16.6. The third-order valence-corrected chi connectivity index (χ3v) is 3.67. The molecule has 1 aromatic heterocycles. The minimum absolute atomic E-state index is 0.0690. The number of benzene rings is 2. The van der Waals surface area contributed by atoms with E-state index < -0.39 is 0 Å². The number of amides is 1. The van der Waals surface area contributed by atoms with Gasteiger partial charge in [-0.1, -0.05) is 42.5 Å². The normalized spacial score (nSPS) is 10.3. The van der Waals surface area contributed by atoms with Crippen LogP contribution in [-0.4, -0.2) is 10.9 Å².